The third-order valence-electron chi connectivity index (χ3n) is 4.44. The minimum absolute atomic E-state index is 0.0918. The van der Waals surface area contributed by atoms with Crippen molar-refractivity contribution in [2.75, 3.05) is 13.1 Å². The Balaban J connectivity index is 1.71. The quantitative estimate of drug-likeness (QED) is 0.665. The molecule has 1 fully saturated rings. The molecule has 1 heterocycles. The van der Waals surface area contributed by atoms with Crippen LogP contribution in [0.3, 0.4) is 0 Å². The number of ether oxygens (including phenoxy) is 1. The van der Waals surface area contributed by atoms with E-state index < -0.39 is 5.60 Å². The summed E-state index contributed by atoms with van der Waals surface area (Å²) in [4.78, 5) is 14.0. The molecule has 3 nitrogen and oxygen atoms in total. The average molecular weight is 364 g/mol. The number of hydrogen-bond donors (Lipinski definition) is 0. The molecule has 0 aromatic heterocycles. The van der Waals surface area contributed by atoms with Crippen molar-refractivity contribution >= 4 is 28.1 Å². The second-order valence-electron chi connectivity index (χ2n) is 7.19. The van der Waals surface area contributed by atoms with Gasteiger partial charge in [0.15, 0.2) is 0 Å². The van der Waals surface area contributed by atoms with Gasteiger partial charge < -0.3 is 9.64 Å². The number of carbonyl (C=O) groups is 1. The van der Waals surface area contributed by atoms with Gasteiger partial charge in [-0.1, -0.05) is 34.1 Å². The molecule has 1 aliphatic carbocycles. The highest BCUT2D eigenvalue weighted by Crippen LogP contribution is 2.44. The predicted molar refractivity (Wildman–Crippen MR) is 91.9 cm³/mol. The summed E-state index contributed by atoms with van der Waals surface area (Å²) in [6, 6.07) is 6.48. The number of fused-ring (bicyclic) bond motifs is 2. The lowest BCUT2D eigenvalue weighted by Gasteiger charge is -2.39. The molecule has 2 aliphatic rings. The van der Waals surface area contributed by atoms with E-state index in [2.05, 4.69) is 46.3 Å². The summed E-state index contributed by atoms with van der Waals surface area (Å²) in [5.41, 5.74) is 2.34. The van der Waals surface area contributed by atoms with E-state index in [1.807, 2.05) is 25.7 Å². The average Bonchev–Trinajstić information content (AvgIpc) is 2.76. The van der Waals surface area contributed by atoms with Crippen LogP contribution in [0.4, 0.5) is 4.79 Å². The minimum Gasteiger partial charge on any atom is -0.444 e. The Morgan fingerprint density at radius 2 is 1.95 bits per heavy atom. The van der Waals surface area contributed by atoms with Crippen molar-refractivity contribution < 1.29 is 9.53 Å². The highest BCUT2D eigenvalue weighted by molar-refractivity contribution is 9.10. The summed E-state index contributed by atoms with van der Waals surface area (Å²) in [7, 11) is 0. The number of benzene rings is 1. The first-order chi connectivity index (χ1) is 10.3. The van der Waals surface area contributed by atoms with Crippen molar-refractivity contribution in [3.8, 4) is 0 Å². The van der Waals surface area contributed by atoms with Crippen molar-refractivity contribution in [2.45, 2.75) is 44.6 Å². The predicted octanol–water partition coefficient (Wildman–Crippen LogP) is 4.74. The second kappa shape index (κ2) is 5.41. The lowest BCUT2D eigenvalue weighted by molar-refractivity contribution is 0.0184. The topological polar surface area (TPSA) is 29.5 Å². The number of carbonyl (C=O) groups excluding carboxylic acids is 1. The van der Waals surface area contributed by atoms with Crippen molar-refractivity contribution in [1.82, 2.24) is 4.90 Å². The first-order valence-electron chi connectivity index (χ1n) is 7.76. The molecule has 1 aromatic carbocycles. The summed E-state index contributed by atoms with van der Waals surface area (Å²) in [5.74, 6) is 0. The first kappa shape index (κ1) is 15.6. The number of allylic oxidation sites excluding steroid dienone is 1. The summed E-state index contributed by atoms with van der Waals surface area (Å²) >= 11 is 3.53. The van der Waals surface area contributed by atoms with Crippen LogP contribution >= 0.6 is 15.9 Å². The second-order valence-corrected chi connectivity index (χ2v) is 8.10. The zero-order valence-corrected chi connectivity index (χ0v) is 14.9. The Kier molecular flexibility index (Phi) is 3.84. The Bertz CT molecular complexity index is 622. The van der Waals surface area contributed by atoms with E-state index in [1.54, 1.807) is 0 Å². The molecule has 3 rings (SSSR count). The SMILES string of the molecule is CC(C)(C)OC(=O)N1CCC2(C=Cc3cc(Br)ccc32)CC1. The van der Waals surface area contributed by atoms with E-state index >= 15 is 0 Å². The van der Waals surface area contributed by atoms with Crippen LogP contribution in [0.1, 0.15) is 44.7 Å². The fourth-order valence-electron chi connectivity index (χ4n) is 3.31. The number of amides is 1. The standard InChI is InChI=1S/C18H22BrNO2/c1-17(2,3)22-16(21)20-10-8-18(9-11-20)7-6-13-12-14(19)4-5-15(13)18/h4-7,12H,8-11H2,1-3H3. The van der Waals surface area contributed by atoms with E-state index in [0.29, 0.717) is 0 Å². The Morgan fingerprint density at radius 1 is 1.27 bits per heavy atom. The van der Waals surface area contributed by atoms with Crippen LogP contribution < -0.4 is 0 Å². The molecule has 0 N–H and O–H groups in total. The van der Waals surface area contributed by atoms with Crippen molar-refractivity contribution in [3.05, 3.63) is 39.9 Å². The lowest BCUT2D eigenvalue weighted by Crippen LogP contribution is -2.45. The molecule has 1 saturated heterocycles. The summed E-state index contributed by atoms with van der Waals surface area (Å²) < 4.78 is 6.59. The van der Waals surface area contributed by atoms with Crippen LogP contribution in [0.25, 0.3) is 6.08 Å². The molecule has 0 atom stereocenters. The maximum Gasteiger partial charge on any atom is 0.410 e. The van der Waals surface area contributed by atoms with Crippen molar-refractivity contribution in [2.24, 2.45) is 0 Å². The Labute approximate surface area is 140 Å². The van der Waals surface area contributed by atoms with E-state index in [4.69, 9.17) is 4.74 Å². The van der Waals surface area contributed by atoms with Crippen LogP contribution in [0.2, 0.25) is 0 Å². The summed E-state index contributed by atoms with van der Waals surface area (Å²) in [6.07, 6.45) is 6.24. The Hall–Kier alpha value is -1.29. The molecule has 0 unspecified atom stereocenters. The maximum absolute atomic E-state index is 12.2. The molecule has 1 spiro atoms. The van der Waals surface area contributed by atoms with Crippen LogP contribution in [0.15, 0.2) is 28.7 Å². The van der Waals surface area contributed by atoms with Crippen molar-refractivity contribution in [3.63, 3.8) is 0 Å². The van der Waals surface area contributed by atoms with Gasteiger partial charge in [-0.2, -0.15) is 0 Å². The first-order valence-corrected chi connectivity index (χ1v) is 8.56. The molecule has 0 saturated carbocycles. The van der Waals surface area contributed by atoms with Crippen LogP contribution in [0, 0.1) is 0 Å². The number of nitrogens with zero attached hydrogens (tertiary/aromatic N) is 1. The van der Waals surface area contributed by atoms with Gasteiger partial charge in [0.05, 0.1) is 0 Å². The molecule has 1 amide bonds. The van der Waals surface area contributed by atoms with Gasteiger partial charge in [0.25, 0.3) is 0 Å². The lowest BCUT2D eigenvalue weighted by atomic mass is 9.74. The van der Waals surface area contributed by atoms with Crippen LogP contribution in [0.5, 0.6) is 0 Å². The van der Waals surface area contributed by atoms with Gasteiger partial charge >= 0.3 is 6.09 Å². The number of piperidine rings is 1. The molecule has 0 radical (unpaired) electrons. The van der Waals surface area contributed by atoms with E-state index in [-0.39, 0.29) is 11.5 Å². The normalized spacial score (nSPS) is 19.4. The fraction of sp³-hybridized carbons (Fsp3) is 0.500. The number of likely N-dealkylation sites (tertiary alicyclic amines) is 1. The van der Waals surface area contributed by atoms with Gasteiger partial charge in [-0.05, 0) is 56.9 Å². The minimum atomic E-state index is -0.432. The Morgan fingerprint density at radius 3 is 2.59 bits per heavy atom. The molecule has 1 aromatic rings. The number of rotatable bonds is 0. The summed E-state index contributed by atoms with van der Waals surface area (Å²) in [5, 5.41) is 0. The van der Waals surface area contributed by atoms with Crippen LogP contribution in [-0.4, -0.2) is 29.7 Å². The zero-order valence-electron chi connectivity index (χ0n) is 13.4. The third-order valence-corrected chi connectivity index (χ3v) is 4.93. The van der Waals surface area contributed by atoms with Gasteiger partial charge in [0.2, 0.25) is 0 Å². The largest absolute Gasteiger partial charge is 0.444 e. The zero-order chi connectivity index (χ0) is 16.0. The number of hydrogen-bond acceptors (Lipinski definition) is 2. The summed E-state index contributed by atoms with van der Waals surface area (Å²) in [6.45, 7) is 7.21. The molecule has 118 valence electrons. The van der Waals surface area contributed by atoms with Crippen molar-refractivity contribution in [1.29, 1.82) is 0 Å². The maximum atomic E-state index is 12.2. The monoisotopic (exact) mass is 363 g/mol. The van der Waals surface area contributed by atoms with Crippen LogP contribution in [-0.2, 0) is 10.2 Å². The number of halogens is 1. The van der Waals surface area contributed by atoms with E-state index in [9.17, 15) is 4.79 Å². The molecule has 1 aliphatic heterocycles. The smallest absolute Gasteiger partial charge is 0.410 e. The van der Waals surface area contributed by atoms with Gasteiger partial charge in [0.1, 0.15) is 5.60 Å². The highest BCUT2D eigenvalue weighted by atomic mass is 79.9. The van der Waals surface area contributed by atoms with Gasteiger partial charge in [-0.25, -0.2) is 4.79 Å². The molecule has 0 bridgehead atoms. The van der Waals surface area contributed by atoms with Gasteiger partial charge in [0, 0.05) is 23.0 Å². The van der Waals surface area contributed by atoms with E-state index in [0.717, 1.165) is 30.4 Å². The van der Waals surface area contributed by atoms with Gasteiger partial charge in [-0.15, -0.1) is 0 Å². The molecule has 22 heavy (non-hydrogen) atoms. The molecule has 4 heteroatoms. The fourth-order valence-corrected chi connectivity index (χ4v) is 3.69. The van der Waals surface area contributed by atoms with Gasteiger partial charge in [-0.3, -0.25) is 0 Å². The highest BCUT2D eigenvalue weighted by Gasteiger charge is 2.39. The molecular formula is C18H22BrNO2. The van der Waals surface area contributed by atoms with E-state index in [1.165, 1.54) is 11.1 Å². The molecular weight excluding hydrogens is 342 g/mol. The third kappa shape index (κ3) is 2.94.